The van der Waals surface area contributed by atoms with Crippen molar-refractivity contribution >= 4 is 24.0 Å². The lowest BCUT2D eigenvalue weighted by Gasteiger charge is -2.35. The third kappa shape index (κ3) is 4.83. The van der Waals surface area contributed by atoms with Crippen LogP contribution in [0.15, 0.2) is 34.9 Å². The van der Waals surface area contributed by atoms with E-state index in [0.29, 0.717) is 18.9 Å². The van der Waals surface area contributed by atoms with Gasteiger partial charge in [-0.3, -0.25) is 4.79 Å². The highest BCUT2D eigenvalue weighted by Gasteiger charge is 2.32. The number of anilines is 1. The van der Waals surface area contributed by atoms with Crippen LogP contribution in [0.2, 0.25) is 0 Å². The molecule has 1 aromatic heterocycles. The van der Waals surface area contributed by atoms with Crippen LogP contribution in [0.25, 0.3) is 11.5 Å². The molecule has 0 aliphatic heterocycles. The number of nitrogens with zero attached hydrogens (tertiary/aromatic N) is 1. The molecule has 1 aliphatic rings. The van der Waals surface area contributed by atoms with Gasteiger partial charge in [-0.05, 0) is 49.9 Å². The fraction of sp³-hybridized carbons (Fsp3) is 0.474. The minimum Gasteiger partial charge on any atom is -0.444 e. The van der Waals surface area contributed by atoms with Crippen molar-refractivity contribution in [3.8, 4) is 11.5 Å². The molecule has 2 aromatic rings. The first kappa shape index (κ1) is 19.5. The molecule has 0 unspecified atom stereocenters. The minimum atomic E-state index is -0.0282. The lowest BCUT2D eigenvalue weighted by molar-refractivity contribution is -0.118. The van der Waals surface area contributed by atoms with E-state index in [2.05, 4.69) is 10.3 Å². The van der Waals surface area contributed by atoms with Gasteiger partial charge in [-0.1, -0.05) is 25.3 Å². The molecule has 1 fully saturated rings. The van der Waals surface area contributed by atoms with Gasteiger partial charge in [0.2, 0.25) is 11.8 Å². The molecule has 0 radical (unpaired) electrons. The second-order valence-electron chi connectivity index (χ2n) is 6.86. The number of rotatable bonds is 5. The van der Waals surface area contributed by atoms with E-state index in [0.717, 1.165) is 29.8 Å². The topological polar surface area (TPSA) is 81.2 Å². The van der Waals surface area contributed by atoms with Crippen molar-refractivity contribution in [2.24, 2.45) is 11.1 Å². The summed E-state index contributed by atoms with van der Waals surface area (Å²) in [5.74, 6) is 0.595. The first-order chi connectivity index (χ1) is 11.6. The van der Waals surface area contributed by atoms with Crippen LogP contribution in [0, 0.1) is 12.3 Å². The van der Waals surface area contributed by atoms with Gasteiger partial charge in [0.05, 0.1) is 5.69 Å². The highest BCUT2D eigenvalue weighted by atomic mass is 35.5. The smallest absolute Gasteiger partial charge is 0.226 e. The molecule has 6 heteroatoms. The predicted octanol–water partition coefficient (Wildman–Crippen LogP) is 4.31. The number of hydrogen-bond donors (Lipinski definition) is 2. The Labute approximate surface area is 154 Å². The van der Waals surface area contributed by atoms with Crippen LogP contribution in [-0.4, -0.2) is 17.4 Å². The molecule has 3 rings (SSSR count). The number of hydrogen-bond acceptors (Lipinski definition) is 4. The average Bonchev–Trinajstić information content (AvgIpc) is 3.02. The lowest BCUT2D eigenvalue weighted by Crippen LogP contribution is -2.36. The van der Waals surface area contributed by atoms with E-state index in [4.69, 9.17) is 10.2 Å². The van der Waals surface area contributed by atoms with Gasteiger partial charge in [-0.2, -0.15) is 0 Å². The molecular weight excluding hydrogens is 338 g/mol. The molecule has 3 N–H and O–H groups in total. The third-order valence-electron chi connectivity index (χ3n) is 4.90. The number of aromatic nitrogens is 1. The van der Waals surface area contributed by atoms with Crippen molar-refractivity contribution in [2.75, 3.05) is 11.9 Å². The first-order valence-corrected chi connectivity index (χ1v) is 8.63. The van der Waals surface area contributed by atoms with E-state index in [9.17, 15) is 4.79 Å². The number of benzene rings is 1. The Bertz CT molecular complexity index is 708. The lowest BCUT2D eigenvalue weighted by atomic mass is 9.71. The number of nitrogens with one attached hydrogen (secondary N) is 1. The number of amides is 1. The highest BCUT2D eigenvalue weighted by molar-refractivity contribution is 5.91. The zero-order chi connectivity index (χ0) is 17.0. The van der Waals surface area contributed by atoms with E-state index >= 15 is 0 Å². The quantitative estimate of drug-likeness (QED) is 0.829. The molecule has 1 aromatic carbocycles. The zero-order valence-electron chi connectivity index (χ0n) is 14.6. The summed E-state index contributed by atoms with van der Waals surface area (Å²) in [7, 11) is 0. The Kier molecular flexibility index (Phi) is 6.62. The van der Waals surface area contributed by atoms with Gasteiger partial charge in [0.1, 0.15) is 6.26 Å². The van der Waals surface area contributed by atoms with Crippen molar-refractivity contribution in [3.05, 3.63) is 36.2 Å². The van der Waals surface area contributed by atoms with Crippen LogP contribution in [-0.2, 0) is 4.79 Å². The largest absolute Gasteiger partial charge is 0.444 e. The van der Waals surface area contributed by atoms with E-state index in [1.165, 1.54) is 19.3 Å². The third-order valence-corrected chi connectivity index (χ3v) is 4.90. The Hall–Kier alpha value is -1.85. The van der Waals surface area contributed by atoms with Crippen molar-refractivity contribution in [2.45, 2.75) is 45.4 Å². The molecular formula is C19H26ClN3O2. The van der Waals surface area contributed by atoms with Gasteiger partial charge in [0, 0.05) is 17.7 Å². The van der Waals surface area contributed by atoms with E-state index in [1.807, 2.05) is 31.2 Å². The van der Waals surface area contributed by atoms with Crippen LogP contribution >= 0.6 is 12.4 Å². The van der Waals surface area contributed by atoms with Crippen LogP contribution in [0.1, 0.15) is 44.2 Å². The molecule has 1 heterocycles. The van der Waals surface area contributed by atoms with E-state index < -0.39 is 0 Å². The van der Waals surface area contributed by atoms with Crippen LogP contribution in [0.4, 0.5) is 5.69 Å². The standard InChI is InChI=1S/C19H25N3O2.ClH/c1-14-12-24-18(21-14)15-6-5-7-16(10-15)22-17(23)11-19(13-20)8-3-2-4-9-19;/h5-7,10,12H,2-4,8-9,11,13,20H2,1H3,(H,22,23);1H. The van der Waals surface area contributed by atoms with E-state index in [1.54, 1.807) is 6.26 Å². The number of halogens is 1. The average molecular weight is 364 g/mol. The van der Waals surface area contributed by atoms with E-state index in [-0.39, 0.29) is 23.7 Å². The molecule has 1 amide bonds. The number of nitrogens with two attached hydrogens (primary N) is 1. The molecule has 1 aliphatic carbocycles. The summed E-state index contributed by atoms with van der Waals surface area (Å²) in [4.78, 5) is 16.8. The van der Waals surface area contributed by atoms with Crippen molar-refractivity contribution in [3.63, 3.8) is 0 Å². The fourth-order valence-corrected chi connectivity index (χ4v) is 3.52. The van der Waals surface area contributed by atoms with Gasteiger partial charge in [-0.25, -0.2) is 4.98 Å². The minimum absolute atomic E-state index is 0. The van der Waals surface area contributed by atoms with Crippen molar-refractivity contribution in [1.82, 2.24) is 4.98 Å². The van der Waals surface area contributed by atoms with Gasteiger partial charge in [0.15, 0.2) is 0 Å². The highest BCUT2D eigenvalue weighted by Crippen LogP contribution is 2.38. The summed E-state index contributed by atoms with van der Waals surface area (Å²) in [6.07, 6.45) is 7.80. The van der Waals surface area contributed by atoms with Gasteiger partial charge in [-0.15, -0.1) is 12.4 Å². The van der Waals surface area contributed by atoms with Crippen LogP contribution in [0.3, 0.4) is 0 Å². The summed E-state index contributed by atoms with van der Waals surface area (Å²) < 4.78 is 5.42. The predicted molar refractivity (Wildman–Crippen MR) is 102 cm³/mol. The first-order valence-electron chi connectivity index (χ1n) is 8.63. The Morgan fingerprint density at radius 1 is 1.32 bits per heavy atom. The molecule has 0 bridgehead atoms. The molecule has 0 atom stereocenters. The molecule has 5 nitrogen and oxygen atoms in total. The summed E-state index contributed by atoms with van der Waals surface area (Å²) in [5.41, 5.74) is 8.40. The number of aryl methyl sites for hydroxylation is 1. The monoisotopic (exact) mass is 363 g/mol. The molecule has 1 saturated carbocycles. The Balaban J connectivity index is 0.00000225. The number of carbonyl (C=O) groups excluding carboxylic acids is 1. The van der Waals surface area contributed by atoms with Crippen molar-refractivity contribution in [1.29, 1.82) is 0 Å². The molecule has 25 heavy (non-hydrogen) atoms. The second kappa shape index (κ2) is 8.50. The maximum absolute atomic E-state index is 12.5. The molecule has 0 spiro atoms. The number of oxazole rings is 1. The SMILES string of the molecule is Cc1coc(-c2cccc(NC(=O)CC3(CN)CCCCC3)c2)n1.Cl. The Morgan fingerprint density at radius 2 is 2.08 bits per heavy atom. The molecule has 0 saturated heterocycles. The van der Waals surface area contributed by atoms with Crippen LogP contribution < -0.4 is 11.1 Å². The van der Waals surface area contributed by atoms with Gasteiger partial charge < -0.3 is 15.5 Å². The fourth-order valence-electron chi connectivity index (χ4n) is 3.52. The Morgan fingerprint density at radius 3 is 2.72 bits per heavy atom. The zero-order valence-corrected chi connectivity index (χ0v) is 15.4. The maximum Gasteiger partial charge on any atom is 0.226 e. The number of carbonyl (C=O) groups is 1. The summed E-state index contributed by atoms with van der Waals surface area (Å²) in [5, 5.41) is 3.00. The summed E-state index contributed by atoms with van der Waals surface area (Å²) >= 11 is 0. The normalized spacial score (nSPS) is 16.1. The summed E-state index contributed by atoms with van der Waals surface area (Å²) in [6, 6.07) is 7.58. The van der Waals surface area contributed by atoms with Crippen molar-refractivity contribution < 1.29 is 9.21 Å². The second-order valence-corrected chi connectivity index (χ2v) is 6.86. The molecule has 136 valence electrons. The summed E-state index contributed by atoms with van der Waals surface area (Å²) in [6.45, 7) is 2.46. The van der Waals surface area contributed by atoms with Gasteiger partial charge >= 0.3 is 0 Å². The maximum atomic E-state index is 12.5. The van der Waals surface area contributed by atoms with Crippen LogP contribution in [0.5, 0.6) is 0 Å². The van der Waals surface area contributed by atoms with Gasteiger partial charge in [0.25, 0.3) is 0 Å².